The van der Waals surface area contributed by atoms with E-state index < -0.39 is 0 Å². The predicted octanol–water partition coefficient (Wildman–Crippen LogP) is 2.61. The zero-order chi connectivity index (χ0) is 19.2. The quantitative estimate of drug-likeness (QED) is 0.755. The van der Waals surface area contributed by atoms with Crippen LogP contribution in [0.2, 0.25) is 0 Å². The first kappa shape index (κ1) is 19.0. The standard InChI is InChI=1S/C22H26N2O3/c1-15-7-3-4-9-17(15)14-24-22(26)19-13-18(19)21(25)23-12-11-16-8-5-6-10-20(16)27-2/h3-10,18-19H,11-14H2,1-2H3,(H,23,25)(H,24,26). The van der Waals surface area contributed by atoms with Crippen LogP contribution in [0.3, 0.4) is 0 Å². The van der Waals surface area contributed by atoms with E-state index in [2.05, 4.69) is 10.6 Å². The summed E-state index contributed by atoms with van der Waals surface area (Å²) in [6, 6.07) is 15.7. The number of para-hydroxylation sites is 1. The smallest absolute Gasteiger partial charge is 0.224 e. The van der Waals surface area contributed by atoms with Crippen molar-refractivity contribution in [3.05, 3.63) is 65.2 Å². The SMILES string of the molecule is COc1ccccc1CCNC(=O)C1CC1C(=O)NCc1ccccc1C. The third kappa shape index (κ3) is 4.88. The van der Waals surface area contributed by atoms with Gasteiger partial charge in [0.1, 0.15) is 5.75 Å². The second-order valence-electron chi connectivity index (χ2n) is 6.95. The highest BCUT2D eigenvalue weighted by Gasteiger charge is 2.47. The highest BCUT2D eigenvalue weighted by atomic mass is 16.5. The van der Waals surface area contributed by atoms with Gasteiger partial charge in [-0.25, -0.2) is 0 Å². The Bertz CT molecular complexity index is 819. The summed E-state index contributed by atoms with van der Waals surface area (Å²) < 4.78 is 5.32. The predicted molar refractivity (Wildman–Crippen MR) is 104 cm³/mol. The molecule has 2 amide bonds. The molecule has 0 bridgehead atoms. The van der Waals surface area contributed by atoms with Gasteiger partial charge >= 0.3 is 0 Å². The molecule has 0 aromatic heterocycles. The Morgan fingerprint density at radius 1 is 0.963 bits per heavy atom. The van der Waals surface area contributed by atoms with Gasteiger partial charge in [-0.05, 0) is 42.5 Å². The van der Waals surface area contributed by atoms with E-state index in [1.165, 1.54) is 0 Å². The van der Waals surface area contributed by atoms with Gasteiger partial charge < -0.3 is 15.4 Å². The summed E-state index contributed by atoms with van der Waals surface area (Å²) in [5, 5.41) is 5.89. The lowest BCUT2D eigenvalue weighted by molar-refractivity contribution is -0.127. The monoisotopic (exact) mass is 366 g/mol. The van der Waals surface area contributed by atoms with Gasteiger partial charge in [-0.2, -0.15) is 0 Å². The molecule has 1 saturated carbocycles. The van der Waals surface area contributed by atoms with Crippen molar-refractivity contribution in [3.8, 4) is 5.75 Å². The van der Waals surface area contributed by atoms with Crippen LogP contribution in [0.15, 0.2) is 48.5 Å². The second-order valence-corrected chi connectivity index (χ2v) is 6.95. The molecule has 1 fully saturated rings. The molecule has 142 valence electrons. The van der Waals surface area contributed by atoms with E-state index in [1.54, 1.807) is 7.11 Å². The molecule has 1 aliphatic rings. The molecule has 2 aromatic rings. The van der Waals surface area contributed by atoms with Crippen LogP contribution in [0.1, 0.15) is 23.1 Å². The molecule has 5 nitrogen and oxygen atoms in total. The van der Waals surface area contributed by atoms with Gasteiger partial charge in [0.25, 0.3) is 0 Å². The van der Waals surface area contributed by atoms with Crippen molar-refractivity contribution in [1.29, 1.82) is 0 Å². The molecule has 0 saturated heterocycles. The zero-order valence-electron chi connectivity index (χ0n) is 15.8. The number of hydrogen-bond acceptors (Lipinski definition) is 3. The minimum absolute atomic E-state index is 0.0388. The summed E-state index contributed by atoms with van der Waals surface area (Å²) in [5.41, 5.74) is 3.31. The largest absolute Gasteiger partial charge is 0.496 e. The molecule has 5 heteroatoms. The summed E-state index contributed by atoms with van der Waals surface area (Å²) in [7, 11) is 1.64. The molecule has 0 radical (unpaired) electrons. The second kappa shape index (κ2) is 8.71. The Balaban J connectivity index is 1.41. The van der Waals surface area contributed by atoms with Gasteiger partial charge in [0.15, 0.2) is 0 Å². The summed E-state index contributed by atoms with van der Waals surface area (Å²) in [6.45, 7) is 3.06. The van der Waals surface area contributed by atoms with Crippen LogP contribution >= 0.6 is 0 Å². The molecule has 2 atom stereocenters. The van der Waals surface area contributed by atoms with Crippen LogP contribution in [-0.4, -0.2) is 25.5 Å². The minimum Gasteiger partial charge on any atom is -0.496 e. The molecule has 2 unspecified atom stereocenters. The molecule has 0 spiro atoms. The van der Waals surface area contributed by atoms with Crippen LogP contribution in [0.25, 0.3) is 0 Å². The van der Waals surface area contributed by atoms with Crippen molar-refractivity contribution < 1.29 is 14.3 Å². The zero-order valence-corrected chi connectivity index (χ0v) is 15.8. The fourth-order valence-corrected chi connectivity index (χ4v) is 3.26. The average molecular weight is 366 g/mol. The van der Waals surface area contributed by atoms with E-state index in [-0.39, 0.29) is 23.7 Å². The van der Waals surface area contributed by atoms with Gasteiger partial charge in [0, 0.05) is 13.1 Å². The Kier molecular flexibility index (Phi) is 6.12. The highest BCUT2D eigenvalue weighted by Crippen LogP contribution is 2.38. The van der Waals surface area contributed by atoms with Crippen molar-refractivity contribution in [2.75, 3.05) is 13.7 Å². The Labute approximate surface area is 160 Å². The number of hydrogen-bond donors (Lipinski definition) is 2. The van der Waals surface area contributed by atoms with Crippen LogP contribution in [0.5, 0.6) is 5.75 Å². The molecule has 3 rings (SSSR count). The molecule has 2 aromatic carbocycles. The third-order valence-electron chi connectivity index (χ3n) is 5.06. The van der Waals surface area contributed by atoms with Crippen molar-refractivity contribution in [1.82, 2.24) is 10.6 Å². The van der Waals surface area contributed by atoms with E-state index in [0.717, 1.165) is 22.4 Å². The van der Waals surface area contributed by atoms with Crippen molar-refractivity contribution in [2.24, 2.45) is 11.8 Å². The van der Waals surface area contributed by atoms with E-state index in [1.807, 2.05) is 55.5 Å². The van der Waals surface area contributed by atoms with Gasteiger partial charge in [-0.3, -0.25) is 9.59 Å². The summed E-state index contributed by atoms with van der Waals surface area (Å²) in [5.74, 6) is 0.329. The molecule has 0 heterocycles. The Morgan fingerprint density at radius 2 is 1.59 bits per heavy atom. The van der Waals surface area contributed by atoms with Crippen molar-refractivity contribution in [3.63, 3.8) is 0 Å². The average Bonchev–Trinajstić information content (AvgIpc) is 3.48. The summed E-state index contributed by atoms with van der Waals surface area (Å²) >= 11 is 0. The van der Waals surface area contributed by atoms with E-state index in [0.29, 0.717) is 25.9 Å². The molecule has 2 N–H and O–H groups in total. The van der Waals surface area contributed by atoms with Crippen molar-refractivity contribution in [2.45, 2.75) is 26.3 Å². The van der Waals surface area contributed by atoms with Crippen LogP contribution in [-0.2, 0) is 22.6 Å². The maximum Gasteiger partial charge on any atom is 0.224 e. The van der Waals surface area contributed by atoms with Crippen LogP contribution in [0, 0.1) is 18.8 Å². The van der Waals surface area contributed by atoms with Crippen LogP contribution < -0.4 is 15.4 Å². The lowest BCUT2D eigenvalue weighted by Crippen LogP contribution is -2.31. The van der Waals surface area contributed by atoms with E-state index in [9.17, 15) is 9.59 Å². The van der Waals surface area contributed by atoms with Gasteiger partial charge in [-0.1, -0.05) is 42.5 Å². The van der Waals surface area contributed by atoms with E-state index in [4.69, 9.17) is 4.74 Å². The number of amides is 2. The first-order chi connectivity index (χ1) is 13.1. The summed E-state index contributed by atoms with van der Waals surface area (Å²) in [6.07, 6.45) is 1.33. The number of ether oxygens (including phenoxy) is 1. The molecule has 1 aliphatic carbocycles. The first-order valence-corrected chi connectivity index (χ1v) is 9.32. The normalized spacial score (nSPS) is 17.9. The highest BCUT2D eigenvalue weighted by molar-refractivity contribution is 5.92. The Morgan fingerprint density at radius 3 is 2.30 bits per heavy atom. The number of methoxy groups -OCH3 is 1. The first-order valence-electron chi connectivity index (χ1n) is 9.32. The number of benzene rings is 2. The lowest BCUT2D eigenvalue weighted by Gasteiger charge is -2.09. The number of carbonyl (C=O) groups is 2. The number of carbonyl (C=O) groups excluding carboxylic acids is 2. The van der Waals surface area contributed by atoms with E-state index >= 15 is 0 Å². The third-order valence-corrected chi connectivity index (χ3v) is 5.06. The van der Waals surface area contributed by atoms with Crippen LogP contribution in [0.4, 0.5) is 0 Å². The molecular formula is C22H26N2O3. The van der Waals surface area contributed by atoms with Gasteiger partial charge in [0.05, 0.1) is 18.9 Å². The number of nitrogens with one attached hydrogen (secondary N) is 2. The molecular weight excluding hydrogens is 340 g/mol. The maximum absolute atomic E-state index is 12.3. The number of rotatable bonds is 8. The maximum atomic E-state index is 12.3. The fraction of sp³-hybridized carbons (Fsp3) is 0.364. The molecule has 27 heavy (non-hydrogen) atoms. The lowest BCUT2D eigenvalue weighted by atomic mass is 10.1. The number of aryl methyl sites for hydroxylation is 1. The Hall–Kier alpha value is -2.82. The van der Waals surface area contributed by atoms with Crippen molar-refractivity contribution >= 4 is 11.8 Å². The summed E-state index contributed by atoms with van der Waals surface area (Å²) in [4.78, 5) is 24.5. The minimum atomic E-state index is -0.209. The fourth-order valence-electron chi connectivity index (χ4n) is 3.26. The van der Waals surface area contributed by atoms with Gasteiger partial charge in [-0.15, -0.1) is 0 Å². The van der Waals surface area contributed by atoms with Gasteiger partial charge in [0.2, 0.25) is 11.8 Å². The topological polar surface area (TPSA) is 67.4 Å². The molecule has 0 aliphatic heterocycles.